The van der Waals surface area contributed by atoms with Gasteiger partial charge in [0, 0.05) is 41.3 Å². The highest BCUT2D eigenvalue weighted by Gasteiger charge is 2.51. The molecule has 0 saturated carbocycles. The molecule has 1 saturated heterocycles. The molecule has 0 aromatic carbocycles. The van der Waals surface area contributed by atoms with Gasteiger partial charge in [0.2, 0.25) is 0 Å². The van der Waals surface area contributed by atoms with Crippen LogP contribution in [0, 0.1) is 6.92 Å². The minimum absolute atomic E-state index is 0. The van der Waals surface area contributed by atoms with E-state index in [4.69, 9.17) is 16.3 Å². The van der Waals surface area contributed by atoms with Gasteiger partial charge in [-0.3, -0.25) is 10.00 Å². The third-order valence-corrected chi connectivity index (χ3v) is 6.48. The normalized spacial score (nSPS) is 21.8. The van der Waals surface area contributed by atoms with Crippen molar-refractivity contribution < 1.29 is 13.5 Å². The van der Waals surface area contributed by atoms with Crippen LogP contribution in [0.3, 0.4) is 0 Å². The van der Waals surface area contributed by atoms with Crippen LogP contribution in [0.4, 0.5) is 8.78 Å². The molecule has 2 aromatic rings. The van der Waals surface area contributed by atoms with Gasteiger partial charge in [0.1, 0.15) is 12.2 Å². The van der Waals surface area contributed by atoms with Gasteiger partial charge in [0.05, 0.1) is 10.5 Å². The van der Waals surface area contributed by atoms with Gasteiger partial charge in [-0.25, -0.2) is 0 Å². The number of likely N-dealkylation sites (tertiary alicyclic amines) is 1. The molecular weight excluding hydrogens is 370 g/mol. The summed E-state index contributed by atoms with van der Waals surface area (Å²) in [7, 11) is 0. The summed E-state index contributed by atoms with van der Waals surface area (Å²) in [6, 6.07) is 1.41. The first kappa shape index (κ1) is 18.7. The van der Waals surface area contributed by atoms with Crippen molar-refractivity contribution >= 4 is 22.9 Å². The quantitative estimate of drug-likeness (QED) is 0.805. The van der Waals surface area contributed by atoms with E-state index in [-0.39, 0.29) is 11.7 Å². The largest absolute Gasteiger partial charge is 0.363 e. The number of thiophene rings is 1. The fourth-order valence-corrected chi connectivity index (χ4v) is 5.04. The smallest absolute Gasteiger partial charge is 0.297 e. The fourth-order valence-electron chi connectivity index (χ4n) is 3.56. The zero-order chi connectivity index (χ0) is 16.9. The standard InChI is InChI=1S/C16H18ClF2N3OS.H3N/c1-10-11(7-20-21-10)8-22-4-2-15(3-5-22)14-12(6-13(17)24-14)16(18,19)9-23-15;/h6-7H,2-5,8-9H2,1H3,(H,20,21);1H3. The topological polar surface area (TPSA) is 76.2 Å². The number of nitrogens with zero attached hydrogens (tertiary/aromatic N) is 2. The average Bonchev–Trinajstić information content (AvgIpc) is 3.13. The Hall–Kier alpha value is -1.06. The number of hydrogen-bond acceptors (Lipinski definition) is 5. The van der Waals surface area contributed by atoms with Crippen LogP contribution in [0.5, 0.6) is 0 Å². The SMILES string of the molecule is Cc1[nH]ncc1CN1CCC2(CC1)OCC(F)(F)c1cc(Cl)sc12.N. The minimum Gasteiger partial charge on any atom is -0.363 e. The predicted octanol–water partition coefficient (Wildman–Crippen LogP) is 4.21. The molecular formula is C16H21ClF2N4OS. The number of H-pyrrole nitrogens is 1. The lowest BCUT2D eigenvalue weighted by molar-refractivity contribution is -0.182. The Morgan fingerprint density at radius 1 is 1.40 bits per heavy atom. The van der Waals surface area contributed by atoms with E-state index in [1.54, 1.807) is 0 Å². The van der Waals surface area contributed by atoms with Crippen LogP contribution < -0.4 is 6.15 Å². The molecule has 25 heavy (non-hydrogen) atoms. The summed E-state index contributed by atoms with van der Waals surface area (Å²) >= 11 is 7.26. The number of halogens is 3. The minimum atomic E-state index is -2.95. The van der Waals surface area contributed by atoms with E-state index in [0.717, 1.165) is 25.3 Å². The van der Waals surface area contributed by atoms with Gasteiger partial charge >= 0.3 is 0 Å². The lowest BCUT2D eigenvalue weighted by Crippen LogP contribution is -2.48. The second kappa shape index (κ2) is 6.59. The first-order chi connectivity index (χ1) is 11.4. The summed E-state index contributed by atoms with van der Waals surface area (Å²) in [6.07, 6.45) is 3.24. The van der Waals surface area contributed by atoms with E-state index >= 15 is 0 Å². The Labute approximate surface area is 153 Å². The molecule has 4 heterocycles. The number of fused-ring (bicyclic) bond motifs is 2. The number of rotatable bonds is 2. The van der Waals surface area contributed by atoms with E-state index in [1.165, 1.54) is 23.0 Å². The molecule has 0 bridgehead atoms. The van der Waals surface area contributed by atoms with Gasteiger partial charge in [0.25, 0.3) is 5.92 Å². The summed E-state index contributed by atoms with van der Waals surface area (Å²) in [5, 5.41) is 6.99. The van der Waals surface area contributed by atoms with Gasteiger partial charge in [-0.05, 0) is 25.8 Å². The van der Waals surface area contributed by atoms with Crippen molar-refractivity contribution in [2.75, 3.05) is 19.7 Å². The molecule has 0 atom stereocenters. The van der Waals surface area contributed by atoms with Crippen LogP contribution in [0.15, 0.2) is 12.3 Å². The van der Waals surface area contributed by atoms with Crippen molar-refractivity contribution in [1.82, 2.24) is 21.2 Å². The Bertz CT molecular complexity index is 755. The maximum absolute atomic E-state index is 14.1. The maximum Gasteiger partial charge on any atom is 0.297 e. The van der Waals surface area contributed by atoms with Crippen LogP contribution >= 0.6 is 22.9 Å². The number of ether oxygens (including phenoxy) is 1. The first-order valence-corrected chi connectivity index (χ1v) is 9.12. The summed E-state index contributed by atoms with van der Waals surface area (Å²) in [5.74, 6) is -2.95. The van der Waals surface area contributed by atoms with E-state index in [9.17, 15) is 8.78 Å². The van der Waals surface area contributed by atoms with E-state index in [0.29, 0.717) is 22.1 Å². The van der Waals surface area contributed by atoms with Crippen molar-refractivity contribution in [3.63, 3.8) is 0 Å². The van der Waals surface area contributed by atoms with Crippen LogP contribution in [0.1, 0.15) is 34.5 Å². The number of alkyl halides is 2. The highest BCUT2D eigenvalue weighted by atomic mass is 35.5. The molecule has 0 amide bonds. The Kier molecular flexibility index (Phi) is 4.93. The van der Waals surface area contributed by atoms with Crippen LogP contribution in [0.25, 0.3) is 0 Å². The molecule has 9 heteroatoms. The highest BCUT2D eigenvalue weighted by Crippen LogP contribution is 2.52. The number of aromatic amines is 1. The van der Waals surface area contributed by atoms with Gasteiger partial charge < -0.3 is 10.9 Å². The van der Waals surface area contributed by atoms with Crippen molar-refractivity contribution in [1.29, 1.82) is 0 Å². The van der Waals surface area contributed by atoms with E-state index in [1.807, 2.05) is 13.1 Å². The molecule has 1 spiro atoms. The maximum atomic E-state index is 14.1. The molecule has 2 aromatic heterocycles. The number of aryl methyl sites for hydroxylation is 1. The molecule has 1 fully saturated rings. The second-order valence-electron chi connectivity index (χ2n) is 6.58. The molecule has 0 radical (unpaired) electrons. The van der Waals surface area contributed by atoms with Gasteiger partial charge in [0.15, 0.2) is 0 Å². The van der Waals surface area contributed by atoms with Crippen molar-refractivity contribution in [2.45, 2.75) is 37.8 Å². The highest BCUT2D eigenvalue weighted by molar-refractivity contribution is 7.16. The van der Waals surface area contributed by atoms with E-state index in [2.05, 4.69) is 15.1 Å². The average molecular weight is 391 g/mol. The summed E-state index contributed by atoms with van der Waals surface area (Å²) in [5.41, 5.74) is 1.68. The zero-order valence-corrected chi connectivity index (χ0v) is 15.5. The Balaban J connectivity index is 0.00000182. The lowest BCUT2D eigenvalue weighted by atomic mass is 9.84. The monoisotopic (exact) mass is 390 g/mol. The third kappa shape index (κ3) is 3.21. The predicted molar refractivity (Wildman–Crippen MR) is 93.7 cm³/mol. The number of nitrogens with one attached hydrogen (secondary N) is 1. The van der Waals surface area contributed by atoms with Gasteiger partial charge in [-0.2, -0.15) is 13.9 Å². The van der Waals surface area contributed by atoms with Crippen LogP contribution in [-0.2, 0) is 22.8 Å². The summed E-state index contributed by atoms with van der Waals surface area (Å²) in [6.45, 7) is 3.84. The number of aromatic nitrogens is 2. The number of hydrogen-bond donors (Lipinski definition) is 2. The summed E-state index contributed by atoms with van der Waals surface area (Å²) in [4.78, 5) is 2.93. The molecule has 0 aliphatic carbocycles. The molecule has 138 valence electrons. The molecule has 4 N–H and O–H groups in total. The van der Waals surface area contributed by atoms with Crippen molar-refractivity contribution in [3.8, 4) is 0 Å². The van der Waals surface area contributed by atoms with Gasteiger partial charge in [-0.1, -0.05) is 11.6 Å². The lowest BCUT2D eigenvalue weighted by Gasteiger charge is -2.45. The Morgan fingerprint density at radius 3 is 2.76 bits per heavy atom. The molecule has 4 rings (SSSR count). The zero-order valence-electron chi connectivity index (χ0n) is 13.9. The van der Waals surface area contributed by atoms with Crippen molar-refractivity contribution in [2.24, 2.45) is 0 Å². The van der Waals surface area contributed by atoms with Crippen molar-refractivity contribution in [3.05, 3.63) is 38.3 Å². The molecule has 0 unspecified atom stereocenters. The first-order valence-electron chi connectivity index (χ1n) is 7.93. The Morgan fingerprint density at radius 2 is 2.12 bits per heavy atom. The number of piperidine rings is 1. The molecule has 2 aliphatic heterocycles. The summed E-state index contributed by atoms with van der Waals surface area (Å²) < 4.78 is 34.4. The second-order valence-corrected chi connectivity index (χ2v) is 8.26. The molecule has 5 nitrogen and oxygen atoms in total. The van der Waals surface area contributed by atoms with Crippen LogP contribution in [0.2, 0.25) is 4.34 Å². The fraction of sp³-hybridized carbons (Fsp3) is 0.562. The van der Waals surface area contributed by atoms with Gasteiger partial charge in [-0.15, -0.1) is 11.3 Å². The van der Waals surface area contributed by atoms with E-state index < -0.39 is 18.1 Å². The third-order valence-electron chi connectivity index (χ3n) is 5.03. The van der Waals surface area contributed by atoms with Crippen LogP contribution in [-0.4, -0.2) is 34.8 Å². The molecule has 2 aliphatic rings.